The lowest BCUT2D eigenvalue weighted by Gasteiger charge is -2.32. The highest BCUT2D eigenvalue weighted by molar-refractivity contribution is 6.43. The topological polar surface area (TPSA) is 214 Å². The van der Waals surface area contributed by atoms with Crippen LogP contribution in [0.5, 0.6) is 0 Å². The normalized spacial score (nSPS) is 12.4. The first kappa shape index (κ1) is 73.4. The van der Waals surface area contributed by atoms with Gasteiger partial charge in [-0.25, -0.2) is 24.1 Å². The number of imide groups is 1. The van der Waals surface area contributed by atoms with Crippen LogP contribution in [0.3, 0.4) is 0 Å². The summed E-state index contributed by atoms with van der Waals surface area (Å²) in [4.78, 5) is 81.9. The van der Waals surface area contributed by atoms with Crippen LogP contribution >= 0.6 is 0 Å². The second-order valence-electron chi connectivity index (χ2n) is 31.2. The maximum absolute atomic E-state index is 14.3. The number of nitriles is 3. The van der Waals surface area contributed by atoms with Gasteiger partial charge in [0.2, 0.25) is 0 Å². The van der Waals surface area contributed by atoms with Crippen molar-refractivity contribution in [2.24, 2.45) is 23.7 Å². The minimum absolute atomic E-state index is 0.145. The molecule has 0 spiro atoms. The number of fused-ring (bicyclic) bond motifs is 6. The third-order valence-electron chi connectivity index (χ3n) is 21.2. The lowest BCUT2D eigenvalue weighted by molar-refractivity contribution is 0.0453. The van der Waals surface area contributed by atoms with Crippen molar-refractivity contribution in [3.05, 3.63) is 243 Å². The molecule has 0 N–H and O–H groups in total. The number of hydrogen-bond donors (Lipinski definition) is 0. The summed E-state index contributed by atoms with van der Waals surface area (Å²) in [6, 6.07) is 64.5. The summed E-state index contributed by atoms with van der Waals surface area (Å²) in [6.45, 7) is 25.7. The van der Waals surface area contributed by atoms with Gasteiger partial charge in [-0.05, 0) is 209 Å². The number of ether oxygens (including phenoxy) is 4. The van der Waals surface area contributed by atoms with E-state index in [0.29, 0.717) is 74.1 Å². The first-order valence-electron chi connectivity index (χ1n) is 37.8. The molecule has 0 aromatic heterocycles. The maximum Gasteiger partial charge on any atom is 0.338 e. The number of benzene rings is 16. The lowest BCUT2D eigenvalue weighted by Crippen LogP contribution is -2.41. The molecule has 0 saturated carbocycles. The molecule has 548 valence electrons. The van der Waals surface area contributed by atoms with Crippen molar-refractivity contribution >= 4 is 171 Å². The van der Waals surface area contributed by atoms with Crippen molar-refractivity contribution in [3.63, 3.8) is 0 Å². The zero-order valence-corrected chi connectivity index (χ0v) is 64.0. The Hall–Kier alpha value is -13.1. The van der Waals surface area contributed by atoms with Crippen LogP contribution in [0.15, 0.2) is 182 Å². The molecule has 16 aromatic carbocycles. The minimum Gasteiger partial charge on any atom is -0.462 e. The predicted octanol–water partition coefficient (Wildman–Crippen LogP) is 23.1. The quantitative estimate of drug-likeness (QED) is 0.0307. The smallest absolute Gasteiger partial charge is 0.338 e. The molecule has 0 radical (unpaired) electrons. The fraction of sp³-hybridized carbons (Fsp3) is 0.227. The molecule has 14 heteroatoms. The van der Waals surface area contributed by atoms with E-state index in [4.69, 9.17) is 18.9 Å². The Kier molecular flexibility index (Phi) is 19.3. The van der Waals surface area contributed by atoms with Crippen LogP contribution in [0.1, 0.15) is 185 Å². The maximum atomic E-state index is 14.3. The highest BCUT2D eigenvalue weighted by Crippen LogP contribution is 2.49. The second kappa shape index (κ2) is 29.1. The molecule has 0 saturated heterocycles. The number of para-hydroxylation sites is 1. The second-order valence-corrected chi connectivity index (χ2v) is 31.2. The molecule has 16 aromatic rings. The van der Waals surface area contributed by atoms with Crippen molar-refractivity contribution in [2.75, 3.05) is 31.3 Å². The van der Waals surface area contributed by atoms with Gasteiger partial charge in [0.15, 0.2) is 0 Å². The monoisotopic (exact) mass is 1460 g/mol. The number of esters is 4. The molecule has 2 amide bonds. The largest absolute Gasteiger partial charge is 0.462 e. The summed E-state index contributed by atoms with van der Waals surface area (Å²) in [5, 5.41) is 51.2. The van der Waals surface area contributed by atoms with Gasteiger partial charge in [-0.1, -0.05) is 210 Å². The van der Waals surface area contributed by atoms with Gasteiger partial charge in [-0.3, -0.25) is 9.59 Å². The molecule has 14 nitrogen and oxygen atoms in total. The Labute approximate surface area is 641 Å². The van der Waals surface area contributed by atoms with Crippen LogP contribution in [-0.4, -0.2) is 62.1 Å². The number of rotatable bonds is 15. The van der Waals surface area contributed by atoms with Gasteiger partial charge < -0.3 is 18.9 Å². The van der Waals surface area contributed by atoms with E-state index in [9.17, 15) is 44.6 Å². The van der Waals surface area contributed by atoms with Crippen molar-refractivity contribution in [1.29, 1.82) is 15.8 Å². The Morgan fingerprint density at radius 2 is 0.550 bits per heavy atom. The molecule has 0 unspecified atom stereocenters. The molecule has 0 aliphatic carbocycles. The van der Waals surface area contributed by atoms with Gasteiger partial charge in [0.25, 0.3) is 11.8 Å². The highest BCUT2D eigenvalue weighted by atomic mass is 16.5. The average Bonchev–Trinajstić information content (AvgIpc) is 0.703. The number of amides is 2. The van der Waals surface area contributed by atoms with Gasteiger partial charge in [-0.15, -0.1) is 0 Å². The SMILES string of the molecule is CC(C)COC(=O)c1ccc2c3ccc(C#N)c4c(C(=O)OCC(C)C)ccc(c5ccc(C#N)c1c52)c43.CC(C)COC(=O)c1ccc2c3cccc4c(C(=O)OCC(C)C)ccc(c5cccc1c52)c43.CC(C)c1cccc(C(C)C)c1N1C(=O)c2ccc3c4cccc5c(C#N)ccc(c6ccc(c2c36)C1=O)c54. The molecule has 111 heavy (non-hydrogen) atoms. The summed E-state index contributed by atoms with van der Waals surface area (Å²) in [5.74, 6) is -0.929. The van der Waals surface area contributed by atoms with E-state index in [1.54, 1.807) is 24.3 Å². The van der Waals surface area contributed by atoms with E-state index in [0.717, 1.165) is 135 Å². The van der Waals surface area contributed by atoms with E-state index in [1.807, 2.05) is 195 Å². The Balaban J connectivity index is 0.000000132. The van der Waals surface area contributed by atoms with E-state index in [2.05, 4.69) is 64.1 Å². The summed E-state index contributed by atoms with van der Waals surface area (Å²) in [7, 11) is 0. The van der Waals surface area contributed by atoms with Crippen molar-refractivity contribution in [3.8, 4) is 18.2 Å². The van der Waals surface area contributed by atoms with Crippen molar-refractivity contribution < 1.29 is 47.7 Å². The van der Waals surface area contributed by atoms with Crippen LogP contribution in [0.25, 0.3) is 129 Å². The first-order chi connectivity index (χ1) is 53.5. The number of carbonyl (C=O) groups is 6. The van der Waals surface area contributed by atoms with Gasteiger partial charge in [0, 0.05) is 32.7 Å². The Morgan fingerprint density at radius 1 is 0.288 bits per heavy atom. The molecule has 17 rings (SSSR count). The third-order valence-corrected chi connectivity index (χ3v) is 21.2. The Morgan fingerprint density at radius 3 is 0.892 bits per heavy atom. The molecule has 0 fully saturated rings. The fourth-order valence-corrected chi connectivity index (χ4v) is 16.3. The van der Waals surface area contributed by atoms with E-state index < -0.39 is 11.9 Å². The molecular formula is C97H80N4O10. The van der Waals surface area contributed by atoms with E-state index in [1.165, 1.54) is 4.90 Å². The lowest BCUT2D eigenvalue weighted by atomic mass is 9.83. The van der Waals surface area contributed by atoms with E-state index >= 15 is 0 Å². The van der Waals surface area contributed by atoms with Gasteiger partial charge in [-0.2, -0.15) is 15.8 Å². The molecule has 1 aliphatic heterocycles. The number of nitrogens with zero attached hydrogens (tertiary/aromatic N) is 4. The van der Waals surface area contributed by atoms with Gasteiger partial charge in [0.1, 0.15) is 0 Å². The molecular weight excluding hydrogens is 1380 g/mol. The molecule has 1 aliphatic rings. The summed E-state index contributed by atoms with van der Waals surface area (Å²) in [6.07, 6.45) is 0. The summed E-state index contributed by atoms with van der Waals surface area (Å²) < 4.78 is 22.2. The van der Waals surface area contributed by atoms with Gasteiger partial charge >= 0.3 is 23.9 Å². The van der Waals surface area contributed by atoms with Crippen LogP contribution in [0.4, 0.5) is 5.69 Å². The summed E-state index contributed by atoms with van der Waals surface area (Å²) >= 11 is 0. The number of carbonyl (C=O) groups excluding carboxylic acids is 6. The van der Waals surface area contributed by atoms with Crippen molar-refractivity contribution in [2.45, 2.75) is 94.9 Å². The van der Waals surface area contributed by atoms with Crippen LogP contribution in [0.2, 0.25) is 0 Å². The highest BCUT2D eigenvalue weighted by Gasteiger charge is 2.39. The molecule has 1 heterocycles. The zero-order valence-electron chi connectivity index (χ0n) is 64.0. The van der Waals surface area contributed by atoms with Crippen LogP contribution < -0.4 is 4.90 Å². The van der Waals surface area contributed by atoms with Crippen LogP contribution in [0, 0.1) is 57.7 Å². The minimum atomic E-state index is -0.474. The number of hydrogen-bond acceptors (Lipinski definition) is 13. The predicted molar refractivity (Wildman–Crippen MR) is 443 cm³/mol. The standard InChI is InChI=1S/C35H26N2O2.C32H26N2O4.C30H28O4/c1-18(2)21-7-5-8-22(19(3)4)33(21)37-34(38)28-15-13-26-24-10-6-9-23-20(17-36)11-12-25(30(23)24)27-14-16-29(35(37)39)32(28)31(26)27;1-17(2)15-37-31(35)25-11-9-23-22-8-6-20(14-34)28-26(32(36)38-16-18(3)4)12-10-24(30(22)28)21-7-5-19(13-33)27(25)29(21)23;1-17(2)15-33-29(31)25-13-11-23-20-8-6-10-22-26(30(32)34-16-18(3)4)14-12-24(28(20)22)19-7-5-9-21(25)27(19)23/h5-16,18-19H,1-4H3;5-12,17-18H,15-16H2,1-4H3;5-14,17-18H,15-16H2,1-4H3. The Bertz CT molecular complexity index is 6350. The van der Waals surface area contributed by atoms with Crippen LogP contribution in [-0.2, 0) is 18.9 Å². The summed E-state index contributed by atoms with van der Waals surface area (Å²) in [5.41, 5.74) is 7.01. The molecule has 0 atom stereocenters. The van der Waals surface area contributed by atoms with Crippen molar-refractivity contribution in [1.82, 2.24) is 0 Å². The van der Waals surface area contributed by atoms with E-state index in [-0.39, 0.29) is 72.5 Å². The third kappa shape index (κ3) is 12.3. The average molecular weight is 1460 g/mol. The first-order valence-corrected chi connectivity index (χ1v) is 37.8. The molecule has 0 bridgehead atoms. The number of anilines is 1. The zero-order chi connectivity index (χ0) is 78.3. The van der Waals surface area contributed by atoms with Gasteiger partial charge in [0.05, 0.1) is 89.3 Å². The fourth-order valence-electron chi connectivity index (χ4n) is 16.3.